The van der Waals surface area contributed by atoms with E-state index in [1.54, 1.807) is 6.08 Å². The molecule has 1 aliphatic rings. The van der Waals surface area contributed by atoms with Crippen LogP contribution in [0.5, 0.6) is 0 Å². The van der Waals surface area contributed by atoms with Crippen molar-refractivity contribution in [1.29, 1.82) is 0 Å². The van der Waals surface area contributed by atoms with Crippen molar-refractivity contribution in [3.05, 3.63) is 12.2 Å². The highest BCUT2D eigenvalue weighted by Crippen LogP contribution is 2.47. The van der Waals surface area contributed by atoms with Gasteiger partial charge in [0, 0.05) is 13.0 Å². The Hall–Kier alpha value is -0.620. The summed E-state index contributed by atoms with van der Waals surface area (Å²) in [5.41, 5.74) is 0. The lowest BCUT2D eigenvalue weighted by atomic mass is 10.1. The number of hydrogen-bond acceptors (Lipinski definition) is 6. The first kappa shape index (κ1) is 22.4. The van der Waals surface area contributed by atoms with E-state index in [1.807, 2.05) is 37.4 Å². The maximum Gasteiger partial charge on any atom is 0.330 e. The van der Waals surface area contributed by atoms with Crippen molar-refractivity contribution in [3.63, 3.8) is 0 Å². The van der Waals surface area contributed by atoms with Gasteiger partial charge < -0.3 is 9.47 Å². The summed E-state index contributed by atoms with van der Waals surface area (Å²) in [4.78, 5) is 22.5. The van der Waals surface area contributed by atoms with Crippen LogP contribution < -0.4 is 0 Å². The van der Waals surface area contributed by atoms with E-state index in [-0.39, 0.29) is 22.1 Å². The normalized spacial score (nSPS) is 18.0. The molecule has 0 aliphatic carbocycles. The summed E-state index contributed by atoms with van der Waals surface area (Å²) >= 11 is 3.91. The molecule has 4 nitrogen and oxygen atoms in total. The van der Waals surface area contributed by atoms with Crippen LogP contribution in [-0.4, -0.2) is 40.2 Å². The molecule has 0 unspecified atom stereocenters. The van der Waals surface area contributed by atoms with Gasteiger partial charge >= 0.3 is 11.9 Å². The molecular weight excluding hydrogens is 356 g/mol. The van der Waals surface area contributed by atoms with Crippen LogP contribution >= 0.6 is 23.5 Å². The third kappa shape index (κ3) is 10.2. The molecule has 0 saturated carbocycles. The predicted molar refractivity (Wildman–Crippen MR) is 107 cm³/mol. The molecule has 0 aromatic carbocycles. The number of thioether (sulfide) groups is 2. The number of esters is 2. The van der Waals surface area contributed by atoms with E-state index in [2.05, 4.69) is 6.08 Å². The van der Waals surface area contributed by atoms with Crippen LogP contribution in [0.1, 0.15) is 65.7 Å². The van der Waals surface area contributed by atoms with E-state index in [0.29, 0.717) is 6.61 Å². The van der Waals surface area contributed by atoms with Crippen molar-refractivity contribution in [2.75, 3.05) is 18.1 Å². The van der Waals surface area contributed by atoms with Crippen LogP contribution in [0.15, 0.2) is 12.2 Å². The van der Waals surface area contributed by atoms with Gasteiger partial charge in [0.15, 0.2) is 0 Å². The van der Waals surface area contributed by atoms with Crippen LogP contribution in [0, 0.1) is 0 Å². The monoisotopic (exact) mass is 388 g/mol. The second-order valence-corrected chi connectivity index (χ2v) is 9.43. The molecule has 0 aromatic rings. The quantitative estimate of drug-likeness (QED) is 0.283. The van der Waals surface area contributed by atoms with E-state index >= 15 is 0 Å². The van der Waals surface area contributed by atoms with Gasteiger partial charge in [0.2, 0.25) is 0 Å². The van der Waals surface area contributed by atoms with E-state index < -0.39 is 0 Å². The Labute approximate surface area is 160 Å². The molecule has 1 rings (SSSR count). The zero-order chi connectivity index (χ0) is 18.5. The summed E-state index contributed by atoms with van der Waals surface area (Å²) in [6, 6.07) is 0. The highest BCUT2D eigenvalue weighted by Gasteiger charge is 2.30. The predicted octanol–water partition coefficient (Wildman–Crippen LogP) is 4.96. The molecule has 0 bridgehead atoms. The maximum absolute atomic E-state index is 11.6. The first-order valence-electron chi connectivity index (χ1n) is 9.28. The number of rotatable bonds is 11. The van der Waals surface area contributed by atoms with E-state index in [0.717, 1.165) is 43.6 Å². The molecule has 1 aliphatic heterocycles. The summed E-state index contributed by atoms with van der Waals surface area (Å²) in [6.07, 6.45) is 11.5. The van der Waals surface area contributed by atoms with Crippen molar-refractivity contribution >= 4 is 35.5 Å². The number of hydrogen-bond donors (Lipinski definition) is 0. The Kier molecular flexibility index (Phi) is 11.4. The van der Waals surface area contributed by atoms with Crippen molar-refractivity contribution in [3.8, 4) is 0 Å². The fourth-order valence-electron chi connectivity index (χ4n) is 2.80. The minimum absolute atomic E-state index is 0.0146. The minimum atomic E-state index is -0.242. The lowest BCUT2D eigenvalue weighted by molar-refractivity contribution is -0.145. The largest absolute Gasteiger partial charge is 0.463 e. The van der Waals surface area contributed by atoms with Gasteiger partial charge in [-0.1, -0.05) is 25.3 Å². The molecule has 1 saturated heterocycles. The molecule has 1 heterocycles. The number of unbranched alkanes of at least 4 members (excludes halogenated alkanes) is 3. The number of ether oxygens (including phenoxy) is 2. The van der Waals surface area contributed by atoms with Crippen LogP contribution in [0.25, 0.3) is 0 Å². The molecular formula is C19H32O4S2. The van der Waals surface area contributed by atoms with E-state index in [9.17, 15) is 9.59 Å². The van der Waals surface area contributed by atoms with Gasteiger partial charge in [0.25, 0.3) is 0 Å². The summed E-state index contributed by atoms with van der Waals surface area (Å²) in [5, 5.41) is 0. The summed E-state index contributed by atoms with van der Waals surface area (Å²) in [6.45, 7) is 5.65. The highest BCUT2D eigenvalue weighted by atomic mass is 32.2. The Bertz CT molecular complexity index is 431. The van der Waals surface area contributed by atoms with Crippen LogP contribution in [0.4, 0.5) is 0 Å². The van der Waals surface area contributed by atoms with Gasteiger partial charge in [-0.15, -0.1) is 23.5 Å². The average Bonchev–Trinajstić information content (AvgIpc) is 2.57. The summed E-state index contributed by atoms with van der Waals surface area (Å²) in [5.74, 6) is 1.86. The van der Waals surface area contributed by atoms with E-state index in [4.69, 9.17) is 9.47 Å². The van der Waals surface area contributed by atoms with E-state index in [1.165, 1.54) is 19.8 Å². The lowest BCUT2D eigenvalue weighted by Crippen LogP contribution is -2.23. The molecule has 0 amide bonds. The van der Waals surface area contributed by atoms with Crippen molar-refractivity contribution < 1.29 is 19.1 Å². The van der Waals surface area contributed by atoms with Gasteiger partial charge in [-0.3, -0.25) is 4.79 Å². The molecule has 1 fully saturated rings. The average molecular weight is 389 g/mol. The molecule has 144 valence electrons. The third-order valence-electron chi connectivity index (χ3n) is 3.99. The molecule has 0 radical (unpaired) electrons. The van der Waals surface area contributed by atoms with Gasteiger partial charge in [0.05, 0.1) is 16.8 Å². The number of carbonyl (C=O) groups excluding carboxylic acids is 2. The fraction of sp³-hybridized carbons (Fsp3) is 0.789. The standard InChI is InChI=1S/C19H32O4S2/c1-4-22-18(21)11-13-19(24-14-9-15-25-19)12-8-6-5-7-10-16(2)23-17(3)20/h11,13,16H,4-10,12,14-15H2,1-3H3/b13-11+/t16-/m1/s1. The third-order valence-corrected chi connectivity index (χ3v) is 7.34. The van der Waals surface area contributed by atoms with Crippen molar-refractivity contribution in [2.24, 2.45) is 0 Å². The second kappa shape index (κ2) is 12.7. The molecule has 6 heteroatoms. The number of carbonyl (C=O) groups is 2. The smallest absolute Gasteiger partial charge is 0.330 e. The molecule has 0 spiro atoms. The maximum atomic E-state index is 11.6. The summed E-state index contributed by atoms with van der Waals surface area (Å²) in [7, 11) is 0. The molecule has 25 heavy (non-hydrogen) atoms. The minimum Gasteiger partial charge on any atom is -0.463 e. The first-order valence-corrected chi connectivity index (χ1v) is 11.3. The fourth-order valence-corrected chi connectivity index (χ4v) is 5.99. The Morgan fingerprint density at radius 3 is 2.48 bits per heavy atom. The van der Waals surface area contributed by atoms with Crippen LogP contribution in [-0.2, 0) is 19.1 Å². The SMILES string of the molecule is CCOC(=O)/C=C/C1(CCCCCC[C@@H](C)OC(C)=O)SCCCS1. The molecule has 0 N–H and O–H groups in total. The van der Waals surface area contributed by atoms with Gasteiger partial charge in [-0.25, -0.2) is 4.79 Å². The molecule has 0 aromatic heterocycles. The second-order valence-electron chi connectivity index (χ2n) is 6.32. The zero-order valence-corrected chi connectivity index (χ0v) is 17.4. The Balaban J connectivity index is 2.31. The molecule has 1 atom stereocenters. The highest BCUT2D eigenvalue weighted by molar-refractivity contribution is 8.19. The van der Waals surface area contributed by atoms with Gasteiger partial charge in [-0.05, 0) is 51.0 Å². The first-order chi connectivity index (χ1) is 12.0. The van der Waals surface area contributed by atoms with Crippen molar-refractivity contribution in [2.45, 2.75) is 75.9 Å². The van der Waals surface area contributed by atoms with Crippen LogP contribution in [0.2, 0.25) is 0 Å². The Morgan fingerprint density at radius 1 is 1.16 bits per heavy atom. The van der Waals surface area contributed by atoms with Gasteiger partial charge in [-0.2, -0.15) is 0 Å². The zero-order valence-electron chi connectivity index (χ0n) is 15.8. The van der Waals surface area contributed by atoms with Crippen molar-refractivity contribution in [1.82, 2.24) is 0 Å². The lowest BCUT2D eigenvalue weighted by Gasteiger charge is -2.33. The Morgan fingerprint density at radius 2 is 1.84 bits per heavy atom. The summed E-state index contributed by atoms with van der Waals surface area (Å²) < 4.78 is 10.2. The van der Waals surface area contributed by atoms with Crippen LogP contribution in [0.3, 0.4) is 0 Å². The van der Waals surface area contributed by atoms with Gasteiger partial charge in [0.1, 0.15) is 0 Å². The topological polar surface area (TPSA) is 52.6 Å².